The van der Waals surface area contributed by atoms with Gasteiger partial charge in [-0.2, -0.15) is 13.2 Å². The van der Waals surface area contributed by atoms with Crippen LogP contribution in [0.25, 0.3) is 5.82 Å². The van der Waals surface area contributed by atoms with Crippen molar-refractivity contribution in [1.82, 2.24) is 9.55 Å². The van der Waals surface area contributed by atoms with Crippen molar-refractivity contribution in [3.8, 4) is 17.3 Å². The minimum Gasteiger partial charge on any atom is -0.490 e. The number of pyridine rings is 2. The molecule has 1 aliphatic heterocycles. The molecule has 3 rings (SSSR count). The lowest BCUT2D eigenvalue weighted by Crippen LogP contribution is -2.33. The number of nitrogens with zero attached hydrogens (tertiary/aromatic N) is 1. The molecule has 0 bridgehead atoms. The highest BCUT2D eigenvalue weighted by molar-refractivity contribution is 5.34. The Morgan fingerprint density at radius 3 is 2.64 bits per heavy atom. The van der Waals surface area contributed by atoms with Crippen molar-refractivity contribution >= 4 is 0 Å². The molecule has 28 heavy (non-hydrogen) atoms. The van der Waals surface area contributed by atoms with Gasteiger partial charge in [-0.1, -0.05) is 0 Å². The molecule has 1 fully saturated rings. The van der Waals surface area contributed by atoms with Crippen LogP contribution in [0.5, 0.6) is 11.5 Å². The van der Waals surface area contributed by atoms with Crippen LogP contribution in [0, 0.1) is 0 Å². The molecule has 0 amide bonds. The standard InChI is InChI=1S/C17H17F3N2O6/c18-17(19,20)10-28-11-1-2-22(16(24)7-11)14-5-12(6-15(23)21-14)27-9-13-8-25-3-4-26-13/h1-2,5-7,13H,3-4,8-10H2,(H,21,23)/t13-/m1/s1. The second-order valence-corrected chi connectivity index (χ2v) is 5.92. The van der Waals surface area contributed by atoms with Crippen LogP contribution < -0.4 is 20.6 Å². The maximum absolute atomic E-state index is 12.2. The molecule has 1 saturated heterocycles. The third-order valence-corrected chi connectivity index (χ3v) is 3.68. The van der Waals surface area contributed by atoms with Crippen molar-refractivity contribution in [2.75, 3.05) is 33.0 Å². The van der Waals surface area contributed by atoms with Gasteiger partial charge in [0.15, 0.2) is 6.61 Å². The highest BCUT2D eigenvalue weighted by atomic mass is 19.4. The molecule has 8 nitrogen and oxygen atoms in total. The zero-order valence-electron chi connectivity index (χ0n) is 14.5. The molecule has 152 valence electrons. The van der Waals surface area contributed by atoms with Gasteiger partial charge in [-0.15, -0.1) is 0 Å². The first-order chi connectivity index (χ1) is 13.3. The van der Waals surface area contributed by atoms with E-state index in [1.807, 2.05) is 0 Å². The zero-order valence-corrected chi connectivity index (χ0v) is 14.5. The maximum Gasteiger partial charge on any atom is 0.422 e. The number of nitrogens with one attached hydrogen (secondary N) is 1. The Morgan fingerprint density at radius 1 is 1.14 bits per heavy atom. The van der Waals surface area contributed by atoms with Crippen LogP contribution in [-0.2, 0) is 9.47 Å². The summed E-state index contributed by atoms with van der Waals surface area (Å²) in [4.78, 5) is 26.5. The third-order valence-electron chi connectivity index (χ3n) is 3.68. The van der Waals surface area contributed by atoms with Crippen LogP contribution >= 0.6 is 0 Å². The summed E-state index contributed by atoms with van der Waals surface area (Å²) in [7, 11) is 0. The minimum absolute atomic E-state index is 0.0932. The Labute approximate surface area is 156 Å². The van der Waals surface area contributed by atoms with Crippen LogP contribution in [0.1, 0.15) is 0 Å². The average molecular weight is 402 g/mol. The first-order valence-corrected chi connectivity index (χ1v) is 8.29. The van der Waals surface area contributed by atoms with Gasteiger partial charge in [0, 0.05) is 24.4 Å². The molecule has 11 heteroatoms. The van der Waals surface area contributed by atoms with Crippen LogP contribution in [0.3, 0.4) is 0 Å². The molecule has 0 radical (unpaired) electrons. The van der Waals surface area contributed by atoms with E-state index in [1.165, 1.54) is 24.4 Å². The minimum atomic E-state index is -4.52. The molecule has 1 aliphatic rings. The molecule has 1 N–H and O–H groups in total. The second-order valence-electron chi connectivity index (χ2n) is 5.92. The Hall–Kier alpha value is -2.79. The second kappa shape index (κ2) is 8.48. The number of aromatic amines is 1. The first-order valence-electron chi connectivity index (χ1n) is 8.29. The van der Waals surface area contributed by atoms with Crippen molar-refractivity contribution in [1.29, 1.82) is 0 Å². The Morgan fingerprint density at radius 2 is 1.96 bits per heavy atom. The molecule has 0 aliphatic carbocycles. The van der Waals surface area contributed by atoms with E-state index in [1.54, 1.807) is 0 Å². The summed E-state index contributed by atoms with van der Waals surface area (Å²) < 4.78 is 58.4. The first kappa shape index (κ1) is 20.0. The molecule has 3 heterocycles. The summed E-state index contributed by atoms with van der Waals surface area (Å²) in [6, 6.07) is 4.71. The smallest absolute Gasteiger partial charge is 0.422 e. The van der Waals surface area contributed by atoms with Gasteiger partial charge in [-0.3, -0.25) is 14.2 Å². The van der Waals surface area contributed by atoms with Gasteiger partial charge in [-0.05, 0) is 6.07 Å². The molecular weight excluding hydrogens is 385 g/mol. The van der Waals surface area contributed by atoms with Crippen LogP contribution in [0.15, 0.2) is 40.1 Å². The molecule has 2 aromatic rings. The maximum atomic E-state index is 12.2. The Kier molecular flexibility index (Phi) is 6.05. The van der Waals surface area contributed by atoms with Crippen molar-refractivity contribution < 1.29 is 32.1 Å². The highest BCUT2D eigenvalue weighted by Crippen LogP contribution is 2.18. The Balaban J connectivity index is 1.74. The molecular formula is C17H17F3N2O6. The molecule has 0 unspecified atom stereocenters. The van der Waals surface area contributed by atoms with Crippen LogP contribution in [-0.4, -0.2) is 54.9 Å². The SMILES string of the molecule is O=c1cc(OC[C@H]2COCCO2)cc(-n2ccc(OCC(F)(F)F)cc2=O)[nH]1. The largest absolute Gasteiger partial charge is 0.490 e. The van der Waals surface area contributed by atoms with Crippen LogP contribution in [0.4, 0.5) is 13.2 Å². The quantitative estimate of drug-likeness (QED) is 0.782. The fourth-order valence-electron chi connectivity index (χ4n) is 2.45. The van der Waals surface area contributed by atoms with Crippen molar-refractivity contribution in [2.45, 2.75) is 12.3 Å². The van der Waals surface area contributed by atoms with Crippen molar-refractivity contribution in [3.05, 3.63) is 51.2 Å². The predicted octanol–water partition coefficient (Wildman–Crippen LogP) is 1.26. The van der Waals surface area contributed by atoms with Crippen molar-refractivity contribution in [2.24, 2.45) is 0 Å². The molecule has 0 aromatic carbocycles. The lowest BCUT2D eigenvalue weighted by atomic mass is 10.3. The number of alkyl halides is 3. The molecule has 0 spiro atoms. The van der Waals surface area contributed by atoms with Gasteiger partial charge in [0.1, 0.15) is 30.0 Å². The van der Waals surface area contributed by atoms with E-state index < -0.39 is 23.9 Å². The summed E-state index contributed by atoms with van der Waals surface area (Å²) in [6.07, 6.45) is -3.59. The topological polar surface area (TPSA) is 91.8 Å². The number of aromatic nitrogens is 2. The fraction of sp³-hybridized carbons (Fsp3) is 0.412. The number of ether oxygens (including phenoxy) is 4. The van der Waals surface area contributed by atoms with E-state index in [0.717, 1.165) is 10.6 Å². The lowest BCUT2D eigenvalue weighted by Gasteiger charge is -2.23. The Bertz CT molecular complexity index is 918. The normalized spacial score (nSPS) is 17.3. The van der Waals surface area contributed by atoms with Crippen molar-refractivity contribution in [3.63, 3.8) is 0 Å². The van der Waals surface area contributed by atoms with E-state index >= 15 is 0 Å². The summed E-state index contributed by atoms with van der Waals surface area (Å²) in [6.45, 7) is -0.0233. The van der Waals surface area contributed by atoms with Gasteiger partial charge < -0.3 is 23.9 Å². The number of rotatable bonds is 6. The summed E-state index contributed by atoms with van der Waals surface area (Å²) in [5, 5.41) is 0. The van der Waals surface area contributed by atoms with E-state index in [0.29, 0.717) is 19.8 Å². The van der Waals surface area contributed by atoms with Gasteiger partial charge in [0.05, 0.1) is 19.8 Å². The number of halogens is 3. The van der Waals surface area contributed by atoms with E-state index in [2.05, 4.69) is 9.72 Å². The van der Waals surface area contributed by atoms with E-state index in [9.17, 15) is 22.8 Å². The zero-order chi connectivity index (χ0) is 20.1. The third kappa shape index (κ3) is 5.60. The monoisotopic (exact) mass is 402 g/mol. The van der Waals surface area contributed by atoms with Gasteiger partial charge in [0.25, 0.3) is 11.1 Å². The summed E-state index contributed by atoms with van der Waals surface area (Å²) in [5.41, 5.74) is -1.20. The lowest BCUT2D eigenvalue weighted by molar-refractivity contribution is -0.153. The van der Waals surface area contributed by atoms with Gasteiger partial charge in [0.2, 0.25) is 0 Å². The molecule has 0 saturated carbocycles. The van der Waals surface area contributed by atoms with Gasteiger partial charge >= 0.3 is 6.18 Å². The number of hydrogen-bond donors (Lipinski definition) is 1. The summed E-state index contributed by atoms with van der Waals surface area (Å²) >= 11 is 0. The molecule has 2 aromatic heterocycles. The summed E-state index contributed by atoms with van der Waals surface area (Å²) in [5.74, 6) is 0.0654. The molecule has 1 atom stereocenters. The number of hydrogen-bond acceptors (Lipinski definition) is 6. The predicted molar refractivity (Wildman–Crippen MR) is 90.3 cm³/mol. The van der Waals surface area contributed by atoms with E-state index in [4.69, 9.17) is 14.2 Å². The van der Waals surface area contributed by atoms with Gasteiger partial charge in [-0.25, -0.2) is 0 Å². The highest BCUT2D eigenvalue weighted by Gasteiger charge is 2.28. The van der Waals surface area contributed by atoms with E-state index in [-0.39, 0.29) is 30.0 Å². The number of H-pyrrole nitrogens is 1. The fourth-order valence-corrected chi connectivity index (χ4v) is 2.45. The van der Waals surface area contributed by atoms with Crippen LogP contribution in [0.2, 0.25) is 0 Å². The average Bonchev–Trinajstić information content (AvgIpc) is 2.65.